The van der Waals surface area contributed by atoms with Crippen molar-refractivity contribution >= 4 is 28.5 Å². The van der Waals surface area contributed by atoms with Crippen LogP contribution in [0.5, 0.6) is 0 Å². The highest BCUT2D eigenvalue weighted by Gasteiger charge is 2.16. The first-order valence-electron chi connectivity index (χ1n) is 5.21. The molecule has 1 rings (SSSR count). The van der Waals surface area contributed by atoms with Crippen LogP contribution in [-0.2, 0) is 19.7 Å². The molecule has 0 atom stereocenters. The summed E-state index contributed by atoms with van der Waals surface area (Å²) in [5.41, 5.74) is 0.356. The Kier molecular flexibility index (Phi) is 4.90. The minimum atomic E-state index is -4.27. The number of aldehydes is 1. The lowest BCUT2D eigenvalue weighted by Crippen LogP contribution is -2.18. The van der Waals surface area contributed by atoms with Gasteiger partial charge in [-0.2, -0.15) is 8.42 Å². The third kappa shape index (κ3) is 4.60. The van der Waals surface area contributed by atoms with Gasteiger partial charge in [-0.3, -0.25) is 9.76 Å². The first-order chi connectivity index (χ1) is 8.84. The molecule has 0 spiro atoms. The van der Waals surface area contributed by atoms with Gasteiger partial charge in [0.2, 0.25) is 6.21 Å². The summed E-state index contributed by atoms with van der Waals surface area (Å²) in [6.45, 7) is 0. The summed E-state index contributed by atoms with van der Waals surface area (Å²) in [6, 6.07) is 4.87. The summed E-state index contributed by atoms with van der Waals surface area (Å²) >= 11 is 0. The Morgan fingerprint density at radius 2 is 1.84 bits per heavy atom. The molecule has 0 aliphatic heterocycles. The second kappa shape index (κ2) is 6.21. The van der Waals surface area contributed by atoms with Crippen molar-refractivity contribution in [1.29, 1.82) is 0 Å². The average Bonchev–Trinajstić information content (AvgIpc) is 2.35. The highest BCUT2D eigenvalue weighted by Crippen LogP contribution is 2.08. The van der Waals surface area contributed by atoms with Crippen LogP contribution in [0.4, 0.5) is 0 Å². The minimum Gasteiger partial charge on any atom is -0.303 e. The predicted octanol–water partition coefficient (Wildman–Crippen LogP) is 0.260. The maximum Gasteiger partial charge on any atom is 0.434 e. The Bertz CT molecular complexity index is 603. The number of hydroxylamine groups is 1. The molecule has 0 fully saturated rings. The summed E-state index contributed by atoms with van der Waals surface area (Å²) < 4.78 is 30.7. The number of amides is 1. The average molecular weight is 286 g/mol. The van der Waals surface area contributed by atoms with E-state index in [-0.39, 0.29) is 17.7 Å². The molecule has 0 radical (unpaired) electrons. The van der Waals surface area contributed by atoms with Gasteiger partial charge < -0.3 is 4.79 Å². The molecular weight excluding hydrogens is 274 g/mol. The summed E-state index contributed by atoms with van der Waals surface area (Å²) in [5, 5.41) is 9.37. The summed E-state index contributed by atoms with van der Waals surface area (Å²) in [5.74, 6) is -0.661. The summed E-state index contributed by atoms with van der Waals surface area (Å²) in [6.07, 6.45) is 1.51. The smallest absolute Gasteiger partial charge is 0.303 e. The van der Waals surface area contributed by atoms with Gasteiger partial charge in [-0.1, -0.05) is 0 Å². The van der Waals surface area contributed by atoms with Gasteiger partial charge in [-0.05, 0) is 24.3 Å². The Morgan fingerprint density at radius 1 is 1.26 bits per heavy atom. The van der Waals surface area contributed by atoms with E-state index in [1.54, 1.807) is 0 Å². The maximum atomic E-state index is 11.3. The van der Waals surface area contributed by atoms with Crippen LogP contribution >= 0.6 is 0 Å². The van der Waals surface area contributed by atoms with Crippen molar-refractivity contribution in [2.24, 2.45) is 0 Å². The van der Waals surface area contributed by atoms with E-state index in [1.165, 1.54) is 12.1 Å². The molecule has 8 heteroatoms. The Labute approximate surface area is 109 Å². The third-order valence-electron chi connectivity index (χ3n) is 2.18. The molecule has 0 unspecified atom stereocenters. The summed E-state index contributed by atoms with van der Waals surface area (Å²) in [7, 11) is -4.27. The molecule has 0 saturated heterocycles. The predicted molar refractivity (Wildman–Crippen MR) is 63.8 cm³/mol. The fraction of sp³-hybridized carbons (Fsp3) is 0.182. The second-order valence-corrected chi connectivity index (χ2v) is 5.04. The lowest BCUT2D eigenvalue weighted by Gasteiger charge is -1.96. The molecular formula is C11H12NO6S+. The second-order valence-electron chi connectivity index (χ2n) is 3.62. The zero-order valence-electron chi connectivity index (χ0n) is 9.76. The van der Waals surface area contributed by atoms with E-state index in [9.17, 15) is 23.2 Å². The van der Waals surface area contributed by atoms with E-state index in [4.69, 9.17) is 4.55 Å². The van der Waals surface area contributed by atoms with Crippen molar-refractivity contribution in [3.8, 4) is 0 Å². The molecule has 1 aromatic rings. The molecule has 1 aromatic carbocycles. The first kappa shape index (κ1) is 15.0. The van der Waals surface area contributed by atoms with Crippen LogP contribution in [0.1, 0.15) is 18.4 Å². The van der Waals surface area contributed by atoms with Crippen molar-refractivity contribution in [3.63, 3.8) is 0 Å². The van der Waals surface area contributed by atoms with Crippen LogP contribution < -0.4 is 0 Å². The largest absolute Gasteiger partial charge is 0.434 e. The van der Waals surface area contributed by atoms with E-state index < -0.39 is 16.0 Å². The molecule has 102 valence electrons. The van der Waals surface area contributed by atoms with Crippen molar-refractivity contribution in [3.05, 3.63) is 29.8 Å². The number of hydrogen-bond donors (Lipinski definition) is 2. The molecule has 0 aliphatic carbocycles. The number of hydrogen-bond acceptors (Lipinski definition) is 5. The zero-order chi connectivity index (χ0) is 14.5. The van der Waals surface area contributed by atoms with Gasteiger partial charge in [-0.15, -0.1) is 0 Å². The van der Waals surface area contributed by atoms with Gasteiger partial charge in [0, 0.05) is 16.7 Å². The summed E-state index contributed by atoms with van der Waals surface area (Å²) in [4.78, 5) is 21.1. The van der Waals surface area contributed by atoms with E-state index in [1.807, 2.05) is 0 Å². The fourth-order valence-electron chi connectivity index (χ4n) is 1.24. The quantitative estimate of drug-likeness (QED) is 0.153. The van der Waals surface area contributed by atoms with Crippen LogP contribution in [0.15, 0.2) is 29.2 Å². The van der Waals surface area contributed by atoms with Crippen LogP contribution in [0, 0.1) is 0 Å². The minimum absolute atomic E-state index is 0.00538. The number of carbonyl (C=O) groups excluding carboxylic acids is 2. The van der Waals surface area contributed by atoms with Crippen LogP contribution in [0.2, 0.25) is 0 Å². The highest BCUT2D eigenvalue weighted by molar-refractivity contribution is 7.85. The molecule has 0 saturated carbocycles. The monoisotopic (exact) mass is 286 g/mol. The lowest BCUT2D eigenvalue weighted by molar-refractivity contribution is -0.701. The molecule has 19 heavy (non-hydrogen) atoms. The van der Waals surface area contributed by atoms with E-state index >= 15 is 0 Å². The number of benzene rings is 1. The Hall–Kier alpha value is -2.06. The highest BCUT2D eigenvalue weighted by atomic mass is 32.2. The number of rotatable bonds is 5. The zero-order valence-corrected chi connectivity index (χ0v) is 10.6. The number of nitrogens with zero attached hydrogens (tertiary/aromatic N) is 1. The Morgan fingerprint density at radius 3 is 2.32 bits per heavy atom. The molecule has 1 amide bonds. The van der Waals surface area contributed by atoms with Gasteiger partial charge in [0.25, 0.3) is 10.1 Å². The van der Waals surface area contributed by atoms with Gasteiger partial charge in [-0.25, -0.2) is 4.79 Å². The first-order valence-corrected chi connectivity index (χ1v) is 6.65. The molecule has 0 bridgehead atoms. The maximum absolute atomic E-state index is 11.3. The van der Waals surface area contributed by atoms with Gasteiger partial charge in [0.15, 0.2) is 0 Å². The third-order valence-corrected chi connectivity index (χ3v) is 3.05. The lowest BCUT2D eigenvalue weighted by atomic mass is 10.2. The number of carbonyl (C=O) groups is 2. The van der Waals surface area contributed by atoms with E-state index in [2.05, 4.69) is 0 Å². The standard InChI is InChI=1S/C11H11NO6S/c13-7-1-2-11(14)12(15)8-9-3-5-10(6-4-9)19(16,17)18/h3-8H,1-2H2,(H-,15,16,17,18)/p+1. The van der Waals surface area contributed by atoms with Gasteiger partial charge in [0.1, 0.15) is 6.29 Å². The van der Waals surface area contributed by atoms with Crippen LogP contribution in [0.25, 0.3) is 0 Å². The van der Waals surface area contributed by atoms with E-state index in [0.29, 0.717) is 16.6 Å². The molecule has 2 N–H and O–H groups in total. The van der Waals surface area contributed by atoms with Crippen molar-refractivity contribution in [1.82, 2.24) is 0 Å². The van der Waals surface area contributed by atoms with Crippen LogP contribution in [0.3, 0.4) is 0 Å². The normalized spacial score (nSPS) is 12.2. The molecule has 0 aromatic heterocycles. The SMILES string of the molecule is O=CCCC(=O)[N+](O)=Cc1ccc(S(=O)(=O)O)cc1. The van der Waals surface area contributed by atoms with E-state index in [0.717, 1.165) is 18.3 Å². The van der Waals surface area contributed by atoms with Crippen LogP contribution in [-0.4, -0.2) is 41.3 Å². The van der Waals surface area contributed by atoms with Crippen molar-refractivity contribution in [2.75, 3.05) is 0 Å². The molecule has 0 aliphatic rings. The topological polar surface area (TPSA) is 112 Å². The van der Waals surface area contributed by atoms with Gasteiger partial charge in [0.05, 0.1) is 11.3 Å². The Balaban J connectivity index is 2.87. The molecule has 0 heterocycles. The molecule has 7 nitrogen and oxygen atoms in total. The van der Waals surface area contributed by atoms with Crippen molar-refractivity contribution in [2.45, 2.75) is 17.7 Å². The fourth-order valence-corrected chi connectivity index (χ4v) is 1.72. The van der Waals surface area contributed by atoms with Crippen molar-refractivity contribution < 1.29 is 32.5 Å². The van der Waals surface area contributed by atoms with Gasteiger partial charge >= 0.3 is 5.91 Å².